The van der Waals surface area contributed by atoms with Gasteiger partial charge < -0.3 is 4.74 Å². The summed E-state index contributed by atoms with van der Waals surface area (Å²) >= 11 is 0. The summed E-state index contributed by atoms with van der Waals surface area (Å²) in [5, 5.41) is 8.70. The van der Waals surface area contributed by atoms with Crippen LogP contribution in [0.3, 0.4) is 0 Å². The molecule has 1 aromatic carbocycles. The van der Waals surface area contributed by atoms with Crippen molar-refractivity contribution < 1.29 is 13.2 Å². The number of aromatic nitrogens is 2. The molecule has 0 amide bonds. The molecule has 124 valence electrons. The maximum atomic E-state index is 12.3. The van der Waals surface area contributed by atoms with Crippen LogP contribution in [0.5, 0.6) is 11.6 Å². The Kier molecular flexibility index (Phi) is 4.59. The molecule has 3 rings (SSSR count). The minimum absolute atomic E-state index is 0.0275. The third kappa shape index (κ3) is 4.10. The van der Waals surface area contributed by atoms with E-state index in [1.807, 2.05) is 6.07 Å². The number of sulfonamides is 1. The van der Waals surface area contributed by atoms with Crippen molar-refractivity contribution in [2.75, 3.05) is 4.72 Å². The average Bonchev–Trinajstić information content (AvgIpc) is 2.64. The molecule has 0 unspecified atom stereocenters. The minimum atomic E-state index is -3.79. The van der Waals surface area contributed by atoms with Gasteiger partial charge in [-0.2, -0.15) is 5.26 Å². The number of ether oxygens (including phenoxy) is 1. The Morgan fingerprint density at radius 1 is 1.00 bits per heavy atom. The zero-order valence-corrected chi connectivity index (χ0v) is 13.6. The number of nitriles is 1. The third-order valence-corrected chi connectivity index (χ3v) is 4.49. The summed E-state index contributed by atoms with van der Waals surface area (Å²) in [4.78, 5) is 7.78. The molecule has 3 aromatic rings. The molecule has 0 bridgehead atoms. The number of hydrogen-bond donors (Lipinski definition) is 1. The predicted molar refractivity (Wildman–Crippen MR) is 90.5 cm³/mol. The van der Waals surface area contributed by atoms with Gasteiger partial charge in [0.15, 0.2) is 0 Å². The van der Waals surface area contributed by atoms with Crippen molar-refractivity contribution in [2.24, 2.45) is 0 Å². The molecule has 25 heavy (non-hydrogen) atoms. The molecule has 0 aliphatic heterocycles. The van der Waals surface area contributed by atoms with Gasteiger partial charge in [0.05, 0.1) is 0 Å². The van der Waals surface area contributed by atoms with Gasteiger partial charge in [0.2, 0.25) is 5.88 Å². The number of benzene rings is 1. The van der Waals surface area contributed by atoms with Gasteiger partial charge in [-0.3, -0.25) is 4.72 Å². The van der Waals surface area contributed by atoms with E-state index < -0.39 is 10.0 Å². The minimum Gasteiger partial charge on any atom is -0.439 e. The summed E-state index contributed by atoms with van der Waals surface area (Å²) in [5.41, 5.74) is 0.521. The molecule has 1 N–H and O–H groups in total. The number of nitrogens with zero attached hydrogens (tertiary/aromatic N) is 3. The first-order valence-corrected chi connectivity index (χ1v) is 8.63. The number of rotatable bonds is 5. The van der Waals surface area contributed by atoms with Crippen LogP contribution in [-0.2, 0) is 10.0 Å². The van der Waals surface area contributed by atoms with E-state index in [0.29, 0.717) is 17.3 Å². The molecule has 2 heterocycles. The van der Waals surface area contributed by atoms with E-state index in [0.717, 1.165) is 6.20 Å². The second kappa shape index (κ2) is 6.98. The first kappa shape index (κ1) is 16.4. The highest BCUT2D eigenvalue weighted by Crippen LogP contribution is 2.22. The van der Waals surface area contributed by atoms with Crippen LogP contribution in [0.15, 0.2) is 71.9 Å². The van der Waals surface area contributed by atoms with E-state index in [1.54, 1.807) is 48.7 Å². The van der Waals surface area contributed by atoms with Crippen molar-refractivity contribution >= 4 is 15.7 Å². The molecular weight excluding hydrogens is 340 g/mol. The normalized spacial score (nSPS) is 10.7. The van der Waals surface area contributed by atoms with Crippen LogP contribution in [0.25, 0.3) is 0 Å². The lowest BCUT2D eigenvalue weighted by molar-refractivity contribution is 0.463. The van der Waals surface area contributed by atoms with E-state index >= 15 is 0 Å². The van der Waals surface area contributed by atoms with Gasteiger partial charge in [0, 0.05) is 24.1 Å². The quantitative estimate of drug-likeness (QED) is 0.757. The summed E-state index contributed by atoms with van der Waals surface area (Å²) in [7, 11) is -3.79. The fourth-order valence-electron chi connectivity index (χ4n) is 1.94. The van der Waals surface area contributed by atoms with Gasteiger partial charge in [-0.15, -0.1) is 0 Å². The first-order chi connectivity index (χ1) is 12.1. The van der Waals surface area contributed by atoms with E-state index in [2.05, 4.69) is 14.7 Å². The lowest BCUT2D eigenvalue weighted by Crippen LogP contribution is -2.13. The van der Waals surface area contributed by atoms with Crippen LogP contribution < -0.4 is 9.46 Å². The second-order valence-electron chi connectivity index (χ2n) is 4.89. The Hall–Kier alpha value is -3.44. The van der Waals surface area contributed by atoms with Crippen LogP contribution in [-0.4, -0.2) is 18.4 Å². The van der Waals surface area contributed by atoms with Gasteiger partial charge in [-0.05, 0) is 42.5 Å². The van der Waals surface area contributed by atoms with Crippen LogP contribution >= 0.6 is 0 Å². The molecule has 7 nitrogen and oxygen atoms in total. The molecule has 0 saturated carbocycles. The maximum Gasteiger partial charge on any atom is 0.263 e. The topological polar surface area (TPSA) is 105 Å². The van der Waals surface area contributed by atoms with Crippen LogP contribution in [0.1, 0.15) is 5.69 Å². The van der Waals surface area contributed by atoms with Crippen molar-refractivity contribution in [1.29, 1.82) is 5.26 Å². The Morgan fingerprint density at radius 2 is 1.80 bits per heavy atom. The zero-order valence-electron chi connectivity index (χ0n) is 12.8. The van der Waals surface area contributed by atoms with Gasteiger partial charge in [-0.1, -0.05) is 6.07 Å². The average molecular weight is 352 g/mol. The lowest BCUT2D eigenvalue weighted by atomic mass is 10.3. The van der Waals surface area contributed by atoms with E-state index in [-0.39, 0.29) is 10.6 Å². The Bertz CT molecular complexity index is 997. The van der Waals surface area contributed by atoms with Gasteiger partial charge in [-0.25, -0.2) is 18.4 Å². The zero-order chi connectivity index (χ0) is 17.7. The summed E-state index contributed by atoms with van der Waals surface area (Å²) in [6.45, 7) is 0. The number of hydrogen-bond acceptors (Lipinski definition) is 6. The van der Waals surface area contributed by atoms with Crippen molar-refractivity contribution in [2.45, 2.75) is 4.90 Å². The molecule has 0 saturated heterocycles. The molecule has 0 atom stereocenters. The highest BCUT2D eigenvalue weighted by Gasteiger charge is 2.14. The number of pyridine rings is 2. The summed E-state index contributed by atoms with van der Waals surface area (Å²) in [5.74, 6) is 0.973. The Morgan fingerprint density at radius 3 is 2.40 bits per heavy atom. The summed E-state index contributed by atoms with van der Waals surface area (Å²) in [6.07, 6.45) is 2.75. The van der Waals surface area contributed by atoms with Crippen LogP contribution in [0.2, 0.25) is 0 Å². The fourth-order valence-corrected chi connectivity index (χ4v) is 2.94. The van der Waals surface area contributed by atoms with Crippen molar-refractivity contribution in [1.82, 2.24) is 9.97 Å². The SMILES string of the molecule is N#Cc1ccc(S(=O)(=O)Nc2ccc(Oc3ccccn3)cc2)cn1. The highest BCUT2D eigenvalue weighted by molar-refractivity contribution is 7.92. The largest absolute Gasteiger partial charge is 0.439 e. The fraction of sp³-hybridized carbons (Fsp3) is 0. The predicted octanol–water partition coefficient (Wildman–Crippen LogP) is 2.94. The Labute approximate surface area is 144 Å². The lowest BCUT2D eigenvalue weighted by Gasteiger charge is -2.09. The van der Waals surface area contributed by atoms with E-state index in [9.17, 15) is 8.42 Å². The summed E-state index contributed by atoms with van der Waals surface area (Å²) < 4.78 is 32.6. The van der Waals surface area contributed by atoms with Gasteiger partial charge in [0.1, 0.15) is 22.4 Å². The molecule has 8 heteroatoms. The third-order valence-electron chi connectivity index (χ3n) is 3.13. The van der Waals surface area contributed by atoms with Crippen molar-refractivity contribution in [3.63, 3.8) is 0 Å². The molecule has 2 aromatic heterocycles. The molecule has 0 radical (unpaired) electrons. The van der Waals surface area contributed by atoms with Crippen molar-refractivity contribution in [3.05, 3.63) is 72.7 Å². The molecule has 0 aliphatic carbocycles. The maximum absolute atomic E-state index is 12.3. The van der Waals surface area contributed by atoms with E-state index in [1.165, 1.54) is 12.1 Å². The molecule has 0 aliphatic rings. The standard InChI is InChI=1S/C17H12N4O3S/c18-11-14-6-9-16(12-20-14)25(22,23)21-13-4-7-15(8-5-13)24-17-3-1-2-10-19-17/h1-10,12,21H. The highest BCUT2D eigenvalue weighted by atomic mass is 32.2. The number of nitrogens with one attached hydrogen (secondary N) is 1. The second-order valence-corrected chi connectivity index (χ2v) is 6.57. The van der Waals surface area contributed by atoms with Crippen LogP contribution in [0, 0.1) is 11.3 Å². The Balaban J connectivity index is 1.73. The molecule has 0 fully saturated rings. The number of anilines is 1. The summed E-state index contributed by atoms with van der Waals surface area (Å²) in [6, 6.07) is 16.2. The monoisotopic (exact) mass is 352 g/mol. The van der Waals surface area contributed by atoms with Crippen molar-refractivity contribution in [3.8, 4) is 17.7 Å². The smallest absolute Gasteiger partial charge is 0.263 e. The van der Waals surface area contributed by atoms with E-state index in [4.69, 9.17) is 10.00 Å². The van der Waals surface area contributed by atoms with Gasteiger partial charge in [0.25, 0.3) is 10.0 Å². The first-order valence-electron chi connectivity index (χ1n) is 7.15. The van der Waals surface area contributed by atoms with Gasteiger partial charge >= 0.3 is 0 Å². The molecular formula is C17H12N4O3S. The van der Waals surface area contributed by atoms with Crippen LogP contribution in [0.4, 0.5) is 5.69 Å². The molecule has 0 spiro atoms.